The average molecular weight is 651 g/mol. The summed E-state index contributed by atoms with van der Waals surface area (Å²) in [5, 5.41) is 0. The molecule has 5 rings (SSSR count). The molecule has 48 heavy (non-hydrogen) atoms. The van der Waals surface area contributed by atoms with Crippen molar-refractivity contribution in [2.45, 2.75) is 148 Å². The number of hydrogen-bond donors (Lipinski definition) is 0. The smallest absolute Gasteiger partial charge is 0.465 e. The van der Waals surface area contributed by atoms with Gasteiger partial charge in [-0.3, -0.25) is 0 Å². The summed E-state index contributed by atoms with van der Waals surface area (Å²) in [6.45, 7) is 13.1. The Labute approximate surface area is 291 Å². The molecular formula is C43H59BO4. The van der Waals surface area contributed by atoms with Gasteiger partial charge in [-0.1, -0.05) is 133 Å². The number of benzene rings is 3. The van der Waals surface area contributed by atoms with Gasteiger partial charge in [-0.25, -0.2) is 4.79 Å². The lowest BCUT2D eigenvalue weighted by Gasteiger charge is -2.33. The van der Waals surface area contributed by atoms with E-state index in [4.69, 9.17) is 14.0 Å². The molecule has 0 saturated carbocycles. The maximum atomic E-state index is 12.1. The zero-order chi connectivity index (χ0) is 34.4. The van der Waals surface area contributed by atoms with Gasteiger partial charge in [0.25, 0.3) is 0 Å². The molecule has 0 aromatic heterocycles. The predicted molar refractivity (Wildman–Crippen MR) is 201 cm³/mol. The molecule has 5 heteroatoms. The van der Waals surface area contributed by atoms with Crippen molar-refractivity contribution in [2.24, 2.45) is 0 Å². The van der Waals surface area contributed by atoms with Crippen LogP contribution in [0.3, 0.4) is 0 Å². The van der Waals surface area contributed by atoms with Crippen LogP contribution in [-0.2, 0) is 19.5 Å². The average Bonchev–Trinajstić information content (AvgIpc) is 3.48. The number of hydrogen-bond acceptors (Lipinski definition) is 4. The van der Waals surface area contributed by atoms with Crippen LogP contribution in [-0.4, -0.2) is 31.4 Å². The van der Waals surface area contributed by atoms with Gasteiger partial charge in [0.15, 0.2) is 0 Å². The van der Waals surface area contributed by atoms with Crippen LogP contribution in [0, 0.1) is 0 Å². The fourth-order valence-electron chi connectivity index (χ4n) is 7.81. The molecule has 1 heterocycles. The largest absolute Gasteiger partial charge is 0.494 e. The molecule has 3 aromatic carbocycles. The Bertz CT molecular complexity index is 1490. The number of rotatable bonds is 17. The number of fused-ring (bicyclic) bond motifs is 3. The van der Waals surface area contributed by atoms with Crippen LogP contribution in [0.15, 0.2) is 60.7 Å². The molecule has 0 atom stereocenters. The van der Waals surface area contributed by atoms with Crippen LogP contribution in [0.2, 0.25) is 0 Å². The highest BCUT2D eigenvalue weighted by Gasteiger charge is 2.52. The van der Waals surface area contributed by atoms with Gasteiger partial charge in [0.2, 0.25) is 0 Å². The van der Waals surface area contributed by atoms with Gasteiger partial charge >= 0.3 is 13.1 Å². The van der Waals surface area contributed by atoms with Crippen LogP contribution < -0.4 is 5.46 Å². The zero-order valence-corrected chi connectivity index (χ0v) is 30.9. The Morgan fingerprint density at radius 3 is 1.65 bits per heavy atom. The first kappa shape index (κ1) is 36.4. The number of carbonyl (C=O) groups excluding carboxylic acids is 1. The summed E-state index contributed by atoms with van der Waals surface area (Å²) in [5.41, 5.74) is 8.80. The van der Waals surface area contributed by atoms with Crippen molar-refractivity contribution < 1.29 is 18.8 Å². The third-order valence-electron chi connectivity index (χ3n) is 11.5. The SMILES string of the molecule is CCCCCCCCC1(CCCCCCCC)c2cc(B3OC(C)(C)C(C)(C)O3)ccc2-c2ccc(-c3ccc(C(=O)OC)cc3)cc21. The minimum Gasteiger partial charge on any atom is -0.465 e. The fraction of sp³-hybridized carbons (Fsp3) is 0.558. The van der Waals surface area contributed by atoms with E-state index in [-0.39, 0.29) is 29.7 Å². The number of esters is 1. The summed E-state index contributed by atoms with van der Waals surface area (Å²) < 4.78 is 18.1. The summed E-state index contributed by atoms with van der Waals surface area (Å²) in [7, 11) is 1.05. The molecular weight excluding hydrogens is 591 g/mol. The molecule has 0 N–H and O–H groups in total. The second-order valence-electron chi connectivity index (χ2n) is 15.3. The summed E-state index contributed by atoms with van der Waals surface area (Å²) in [4.78, 5) is 12.1. The summed E-state index contributed by atoms with van der Waals surface area (Å²) in [6.07, 6.45) is 17.7. The highest BCUT2D eigenvalue weighted by atomic mass is 16.7. The molecule has 0 unspecified atom stereocenters. The number of carbonyl (C=O) groups is 1. The van der Waals surface area contributed by atoms with Gasteiger partial charge in [-0.15, -0.1) is 0 Å². The van der Waals surface area contributed by atoms with E-state index in [1.807, 2.05) is 12.1 Å². The first-order chi connectivity index (χ1) is 23.1. The quantitative estimate of drug-likeness (QED) is 0.0828. The topological polar surface area (TPSA) is 44.8 Å². The zero-order valence-electron chi connectivity index (χ0n) is 30.9. The second kappa shape index (κ2) is 15.8. The van der Waals surface area contributed by atoms with Crippen molar-refractivity contribution >= 4 is 18.6 Å². The van der Waals surface area contributed by atoms with Crippen molar-refractivity contribution in [3.8, 4) is 22.3 Å². The van der Waals surface area contributed by atoms with Crippen molar-refractivity contribution in [3.63, 3.8) is 0 Å². The molecule has 2 aliphatic rings. The Morgan fingerprint density at radius 2 is 1.10 bits per heavy atom. The lowest BCUT2D eigenvalue weighted by molar-refractivity contribution is 0.00578. The first-order valence-corrected chi connectivity index (χ1v) is 18.9. The lowest BCUT2D eigenvalue weighted by Crippen LogP contribution is -2.41. The molecule has 258 valence electrons. The van der Waals surface area contributed by atoms with Gasteiger partial charge in [0.1, 0.15) is 0 Å². The maximum absolute atomic E-state index is 12.1. The van der Waals surface area contributed by atoms with Crippen LogP contribution in [0.25, 0.3) is 22.3 Å². The van der Waals surface area contributed by atoms with E-state index in [9.17, 15) is 4.79 Å². The summed E-state index contributed by atoms with van der Waals surface area (Å²) in [6, 6.07) is 21.9. The van der Waals surface area contributed by atoms with E-state index in [1.165, 1.54) is 112 Å². The van der Waals surface area contributed by atoms with Crippen molar-refractivity contribution in [2.75, 3.05) is 7.11 Å². The minimum absolute atomic E-state index is 0.0677. The highest BCUT2D eigenvalue weighted by Crippen LogP contribution is 2.55. The maximum Gasteiger partial charge on any atom is 0.494 e. The molecule has 0 bridgehead atoms. The third-order valence-corrected chi connectivity index (χ3v) is 11.5. The van der Waals surface area contributed by atoms with Crippen molar-refractivity contribution in [1.82, 2.24) is 0 Å². The Morgan fingerprint density at radius 1 is 0.625 bits per heavy atom. The van der Waals surface area contributed by atoms with Crippen LogP contribution in [0.4, 0.5) is 0 Å². The molecule has 3 aromatic rings. The predicted octanol–water partition coefficient (Wildman–Crippen LogP) is 11.2. The molecule has 0 amide bonds. The van der Waals surface area contributed by atoms with Gasteiger partial charge in [-0.2, -0.15) is 0 Å². The van der Waals surface area contributed by atoms with E-state index >= 15 is 0 Å². The highest BCUT2D eigenvalue weighted by molar-refractivity contribution is 6.62. The fourth-order valence-corrected chi connectivity index (χ4v) is 7.81. The van der Waals surface area contributed by atoms with E-state index in [2.05, 4.69) is 90.1 Å². The standard InChI is InChI=1S/C43H59BO4/c1-8-10-12-14-16-18-28-43(29-19-17-15-13-11-9-2)38-30-34(32-20-22-33(23-21-32)40(45)46-7)24-26-36(38)37-27-25-35(31-39(37)43)44-47-41(3,4)42(5,6)48-44/h20-27,30-31H,8-19,28-29H2,1-7H3. The number of unbranched alkanes of at least 4 members (excludes halogenated alkanes) is 10. The van der Waals surface area contributed by atoms with Crippen LogP contribution in [0.5, 0.6) is 0 Å². The molecule has 1 aliphatic carbocycles. The molecule has 4 nitrogen and oxygen atoms in total. The second-order valence-corrected chi connectivity index (χ2v) is 15.3. The van der Waals surface area contributed by atoms with E-state index in [1.54, 1.807) is 0 Å². The first-order valence-electron chi connectivity index (χ1n) is 18.9. The van der Waals surface area contributed by atoms with E-state index < -0.39 is 0 Å². The van der Waals surface area contributed by atoms with Gasteiger partial charge in [0.05, 0.1) is 23.9 Å². The molecule has 0 spiro atoms. The summed E-state index contributed by atoms with van der Waals surface area (Å²) >= 11 is 0. The minimum atomic E-state index is -0.383. The third kappa shape index (κ3) is 7.63. The lowest BCUT2D eigenvalue weighted by atomic mass is 9.68. The van der Waals surface area contributed by atoms with Gasteiger partial charge < -0.3 is 14.0 Å². The van der Waals surface area contributed by atoms with Crippen molar-refractivity contribution in [3.05, 3.63) is 77.4 Å². The van der Waals surface area contributed by atoms with Crippen LogP contribution in [0.1, 0.15) is 153 Å². The molecule has 1 fully saturated rings. The summed E-state index contributed by atoms with van der Waals surface area (Å²) in [5.74, 6) is -0.305. The van der Waals surface area contributed by atoms with Gasteiger partial charge in [-0.05, 0) is 97.6 Å². The monoisotopic (exact) mass is 650 g/mol. The van der Waals surface area contributed by atoms with E-state index in [0.717, 1.165) is 23.9 Å². The Balaban J connectivity index is 1.56. The molecule has 0 radical (unpaired) electrons. The number of ether oxygens (including phenoxy) is 1. The van der Waals surface area contributed by atoms with E-state index in [0.29, 0.717) is 5.56 Å². The normalized spacial score (nSPS) is 16.9. The molecule has 1 aliphatic heterocycles. The van der Waals surface area contributed by atoms with Crippen molar-refractivity contribution in [1.29, 1.82) is 0 Å². The van der Waals surface area contributed by atoms with Gasteiger partial charge in [0, 0.05) is 5.41 Å². The number of methoxy groups -OCH3 is 1. The van der Waals surface area contributed by atoms with Crippen LogP contribution >= 0.6 is 0 Å². The Hall–Kier alpha value is -2.89. The molecule has 1 saturated heterocycles. The Kier molecular flexibility index (Phi) is 12.0.